The molecule has 0 unspecified atom stereocenters. The quantitative estimate of drug-likeness (QED) is 0.417. The fourth-order valence-corrected chi connectivity index (χ4v) is 0.632. The van der Waals surface area contributed by atoms with Crippen LogP contribution in [0.1, 0.15) is 13.8 Å². The van der Waals surface area contributed by atoms with Crippen molar-refractivity contribution in [2.45, 2.75) is 13.8 Å². The van der Waals surface area contributed by atoms with Crippen molar-refractivity contribution in [1.82, 2.24) is 0 Å². The molecule has 0 aliphatic carbocycles. The Bertz CT molecular complexity index is 159. The van der Waals surface area contributed by atoms with Crippen LogP contribution < -0.4 is 0 Å². The topological polar surface area (TPSA) is 12.4 Å². The van der Waals surface area contributed by atoms with Crippen LogP contribution in [-0.4, -0.2) is 6.72 Å². The third-order valence-corrected chi connectivity index (χ3v) is 0.959. The van der Waals surface area contributed by atoms with E-state index in [2.05, 4.69) is 11.7 Å². The molecule has 0 radical (unpaired) electrons. The third-order valence-electron chi connectivity index (χ3n) is 0.959. The Labute approximate surface area is 62.5 Å². The lowest BCUT2D eigenvalue weighted by Gasteiger charge is -1.87. The van der Waals surface area contributed by atoms with E-state index < -0.39 is 0 Å². The summed E-state index contributed by atoms with van der Waals surface area (Å²) >= 11 is 0. The maximum absolute atomic E-state index is 3.66. The molecule has 0 aliphatic rings. The van der Waals surface area contributed by atoms with Crippen LogP contribution in [0.2, 0.25) is 0 Å². The fraction of sp³-hybridized carbons (Fsp3) is 0.222. The lowest BCUT2D eigenvalue weighted by molar-refractivity contribution is 1.51. The number of hydrogen-bond acceptors (Lipinski definition) is 1. The highest BCUT2D eigenvalue weighted by Crippen LogP contribution is 1.98. The Morgan fingerprint density at radius 1 is 1.20 bits per heavy atom. The van der Waals surface area contributed by atoms with E-state index in [4.69, 9.17) is 0 Å². The summed E-state index contributed by atoms with van der Waals surface area (Å²) in [6, 6.07) is 0. The van der Waals surface area contributed by atoms with Gasteiger partial charge in [-0.15, -0.1) is 0 Å². The van der Waals surface area contributed by atoms with Gasteiger partial charge in [0.2, 0.25) is 0 Å². The normalized spacial score (nSPS) is 10.6. The number of hydrogen-bond donors (Lipinski definition) is 0. The van der Waals surface area contributed by atoms with Crippen molar-refractivity contribution in [3.63, 3.8) is 0 Å². The first-order valence-electron chi connectivity index (χ1n) is 3.26. The Morgan fingerprint density at radius 2 is 1.70 bits per heavy atom. The van der Waals surface area contributed by atoms with Gasteiger partial charge in [-0.1, -0.05) is 24.3 Å². The highest BCUT2D eigenvalue weighted by Gasteiger charge is 1.79. The summed E-state index contributed by atoms with van der Waals surface area (Å²) in [6.07, 6.45) is 9.62. The second-order valence-electron chi connectivity index (χ2n) is 1.81. The molecule has 0 amide bonds. The molecule has 0 saturated heterocycles. The van der Waals surface area contributed by atoms with Crippen molar-refractivity contribution in [2.24, 2.45) is 4.99 Å². The highest BCUT2D eigenvalue weighted by atomic mass is 14.6. The minimum absolute atomic E-state index is 1.07. The van der Waals surface area contributed by atoms with Gasteiger partial charge in [-0.3, -0.25) is 4.99 Å². The van der Waals surface area contributed by atoms with Gasteiger partial charge in [-0.05, 0) is 26.1 Å². The Hall–Kier alpha value is -1.11. The van der Waals surface area contributed by atoms with Crippen LogP contribution in [0, 0.1) is 0 Å². The lowest BCUT2D eigenvalue weighted by Crippen LogP contribution is -1.67. The molecular weight excluding hydrogens is 122 g/mol. The summed E-state index contributed by atoms with van der Waals surface area (Å²) in [6.45, 7) is 7.32. The van der Waals surface area contributed by atoms with Gasteiger partial charge in [0.05, 0.1) is 0 Å². The monoisotopic (exact) mass is 135 g/mol. The standard InChI is InChI=1S/C9H13N/c1-4-6-9(7-5-2)8-10-3/h4-8H,3H2,1-2H3/b6-4-,7-5-. The number of nitrogens with zero attached hydrogens (tertiary/aromatic N) is 1. The van der Waals surface area contributed by atoms with E-state index in [1.807, 2.05) is 38.2 Å². The van der Waals surface area contributed by atoms with Gasteiger partial charge >= 0.3 is 0 Å². The van der Waals surface area contributed by atoms with E-state index in [9.17, 15) is 0 Å². The summed E-state index contributed by atoms with van der Waals surface area (Å²) in [5, 5.41) is 0. The first-order chi connectivity index (χ1) is 4.85. The summed E-state index contributed by atoms with van der Waals surface area (Å²) < 4.78 is 0. The first-order valence-corrected chi connectivity index (χ1v) is 3.26. The van der Waals surface area contributed by atoms with Crippen molar-refractivity contribution in [1.29, 1.82) is 0 Å². The average molecular weight is 135 g/mol. The van der Waals surface area contributed by atoms with E-state index >= 15 is 0 Å². The number of aliphatic imine (C=N–C) groups is 1. The molecule has 0 bridgehead atoms. The molecule has 0 heterocycles. The van der Waals surface area contributed by atoms with Crippen LogP contribution in [0.25, 0.3) is 0 Å². The minimum atomic E-state index is 1.07. The molecule has 0 rings (SSSR count). The van der Waals surface area contributed by atoms with Crippen molar-refractivity contribution in [3.05, 3.63) is 36.1 Å². The zero-order valence-electron chi connectivity index (χ0n) is 6.54. The smallest absolute Gasteiger partial charge is 0.0332 e. The summed E-state index contributed by atoms with van der Waals surface area (Å²) in [7, 11) is 0. The maximum atomic E-state index is 3.66. The molecule has 0 aromatic carbocycles. The van der Waals surface area contributed by atoms with Crippen LogP contribution in [-0.2, 0) is 0 Å². The van der Waals surface area contributed by atoms with Gasteiger partial charge in [0.15, 0.2) is 0 Å². The minimum Gasteiger partial charge on any atom is -0.272 e. The van der Waals surface area contributed by atoms with E-state index in [0.29, 0.717) is 0 Å². The molecule has 1 nitrogen and oxygen atoms in total. The molecule has 0 N–H and O–H groups in total. The predicted molar refractivity (Wildman–Crippen MR) is 47.3 cm³/mol. The van der Waals surface area contributed by atoms with E-state index in [-0.39, 0.29) is 0 Å². The van der Waals surface area contributed by atoms with Crippen LogP contribution in [0.5, 0.6) is 0 Å². The Balaban J connectivity index is 4.25. The van der Waals surface area contributed by atoms with Crippen LogP contribution in [0.3, 0.4) is 0 Å². The van der Waals surface area contributed by atoms with Crippen molar-refractivity contribution in [2.75, 3.05) is 0 Å². The van der Waals surface area contributed by atoms with Gasteiger partial charge in [0, 0.05) is 6.20 Å². The second kappa shape index (κ2) is 6.02. The molecule has 0 atom stereocenters. The third kappa shape index (κ3) is 3.84. The molecule has 0 aromatic rings. The van der Waals surface area contributed by atoms with Crippen LogP contribution >= 0.6 is 0 Å². The van der Waals surface area contributed by atoms with Crippen molar-refractivity contribution in [3.8, 4) is 0 Å². The van der Waals surface area contributed by atoms with Gasteiger partial charge in [0.25, 0.3) is 0 Å². The number of allylic oxidation sites excluding steroid dienone is 5. The van der Waals surface area contributed by atoms with Gasteiger partial charge in [-0.2, -0.15) is 0 Å². The maximum Gasteiger partial charge on any atom is 0.0332 e. The second-order valence-corrected chi connectivity index (χ2v) is 1.81. The van der Waals surface area contributed by atoms with Gasteiger partial charge in [-0.25, -0.2) is 0 Å². The fourth-order valence-electron chi connectivity index (χ4n) is 0.632. The van der Waals surface area contributed by atoms with Crippen LogP contribution in [0.4, 0.5) is 0 Å². The molecule has 54 valence electrons. The SMILES string of the molecule is C=NC=C(/C=C\C)/C=C\C. The largest absolute Gasteiger partial charge is 0.272 e. The van der Waals surface area contributed by atoms with Gasteiger partial charge in [0.1, 0.15) is 0 Å². The molecule has 0 saturated carbocycles. The van der Waals surface area contributed by atoms with Crippen molar-refractivity contribution >= 4 is 6.72 Å². The molecule has 0 spiro atoms. The highest BCUT2D eigenvalue weighted by molar-refractivity contribution is 5.34. The van der Waals surface area contributed by atoms with E-state index in [1.54, 1.807) is 6.20 Å². The summed E-state index contributed by atoms with van der Waals surface area (Å²) in [5.74, 6) is 0. The van der Waals surface area contributed by atoms with Crippen LogP contribution in [0.15, 0.2) is 41.1 Å². The van der Waals surface area contributed by atoms with E-state index in [1.165, 1.54) is 0 Å². The molecular formula is C9H13N. The predicted octanol–water partition coefficient (Wildman–Crippen LogP) is 2.72. The molecule has 0 aromatic heterocycles. The summed E-state index contributed by atoms with van der Waals surface area (Å²) in [4.78, 5) is 3.66. The Morgan fingerprint density at radius 3 is 2.00 bits per heavy atom. The zero-order valence-corrected chi connectivity index (χ0v) is 6.54. The van der Waals surface area contributed by atoms with Gasteiger partial charge < -0.3 is 0 Å². The first kappa shape index (κ1) is 8.89. The Kier molecular flexibility index (Phi) is 5.35. The average Bonchev–Trinajstić information content (AvgIpc) is 1.90. The van der Waals surface area contributed by atoms with Crippen molar-refractivity contribution < 1.29 is 0 Å². The molecule has 1 heteroatoms. The van der Waals surface area contributed by atoms with E-state index in [0.717, 1.165) is 5.57 Å². The molecule has 0 fully saturated rings. The summed E-state index contributed by atoms with van der Waals surface area (Å²) in [5.41, 5.74) is 1.07. The number of rotatable bonds is 3. The molecule has 10 heavy (non-hydrogen) atoms. The molecule has 0 aliphatic heterocycles. The lowest BCUT2D eigenvalue weighted by atomic mass is 10.2. The zero-order chi connectivity index (χ0) is 7.82.